The Hall–Kier alpha value is -3.25. The molecule has 0 spiro atoms. The molecule has 0 saturated heterocycles. The lowest BCUT2D eigenvalue weighted by Gasteiger charge is -2.41. The monoisotopic (exact) mass is 527 g/mol. The van der Waals surface area contributed by atoms with E-state index in [4.69, 9.17) is 5.26 Å². The van der Waals surface area contributed by atoms with Crippen molar-refractivity contribution in [2.45, 2.75) is 10.6 Å². The molecule has 0 fully saturated rings. The van der Waals surface area contributed by atoms with Crippen LogP contribution >= 0.6 is 10.2 Å². The number of rotatable bonds is 6. The second kappa shape index (κ2) is 8.20. The van der Waals surface area contributed by atoms with Crippen molar-refractivity contribution in [1.29, 1.82) is 5.26 Å². The number of aromatic nitrogens is 2. The fraction of sp³-hybridized carbons (Fsp3) is 0.105. The highest BCUT2D eigenvalue weighted by Crippen LogP contribution is 3.02. The van der Waals surface area contributed by atoms with Crippen LogP contribution in [0, 0.1) is 28.9 Å². The molecule has 15 heteroatoms. The van der Waals surface area contributed by atoms with Gasteiger partial charge in [-0.15, -0.1) is 0 Å². The maximum absolute atomic E-state index is 14.2. The highest BCUT2D eigenvalue weighted by Gasteiger charge is 2.65. The van der Waals surface area contributed by atoms with E-state index in [1.807, 2.05) is 0 Å². The minimum atomic E-state index is -10.1. The van der Waals surface area contributed by atoms with E-state index in [9.17, 15) is 32.6 Å². The molecule has 0 amide bonds. The normalized spacial score (nSPS) is 14.7. The molecule has 0 aliphatic carbocycles. The van der Waals surface area contributed by atoms with E-state index in [0.29, 0.717) is 12.3 Å². The van der Waals surface area contributed by atoms with E-state index in [1.165, 1.54) is 12.4 Å². The first-order valence-corrected chi connectivity index (χ1v) is 12.6. The van der Waals surface area contributed by atoms with Crippen molar-refractivity contribution in [2.75, 3.05) is 11.6 Å². The Morgan fingerprint density at radius 3 is 2.35 bits per heavy atom. The Morgan fingerprint density at radius 1 is 1.03 bits per heavy atom. The lowest BCUT2D eigenvalue weighted by molar-refractivity contribution is 0.364. The van der Waals surface area contributed by atoms with Gasteiger partial charge in [0.2, 0.25) is 12.1 Å². The van der Waals surface area contributed by atoms with Gasteiger partial charge in [-0.25, -0.2) is 23.1 Å². The summed E-state index contributed by atoms with van der Waals surface area (Å²) < 4.78 is 112. The zero-order valence-corrected chi connectivity index (χ0v) is 18.5. The van der Waals surface area contributed by atoms with Crippen LogP contribution in [0.3, 0.4) is 0 Å². The number of hydrogen-bond acceptors (Lipinski definition) is 5. The van der Waals surface area contributed by atoms with E-state index in [1.54, 1.807) is 0 Å². The Kier molecular flexibility index (Phi) is 6.12. The van der Waals surface area contributed by atoms with Crippen molar-refractivity contribution in [3.63, 3.8) is 0 Å². The Morgan fingerprint density at radius 2 is 1.74 bits per heavy atom. The molecule has 1 aromatic heterocycles. The standard InChI is InChI=1S/C19H13F8N5S2/c1-33(30-10-28)9-11-4-13(7-14(5-11)34(23,24,25,26)27)31-19-29-8-17(22)18(32-19)15-3-2-12(20)6-16(15)21/h2-8H,9H2,1H3,(H,29,31,32). The van der Waals surface area contributed by atoms with Gasteiger partial charge < -0.3 is 5.32 Å². The molecule has 182 valence electrons. The zero-order valence-electron chi connectivity index (χ0n) is 16.9. The summed E-state index contributed by atoms with van der Waals surface area (Å²) in [5.74, 6) is -4.01. The van der Waals surface area contributed by atoms with Gasteiger partial charge in [0.05, 0.1) is 6.20 Å². The van der Waals surface area contributed by atoms with Gasteiger partial charge in [0.15, 0.2) is 5.82 Å². The Labute approximate surface area is 190 Å². The third-order valence-corrected chi connectivity index (χ3v) is 6.44. The fourth-order valence-corrected chi connectivity index (χ4v) is 4.39. The lowest BCUT2D eigenvalue weighted by Crippen LogP contribution is -2.09. The smallest absolute Gasteiger partial charge is 0.310 e. The van der Waals surface area contributed by atoms with Crippen LogP contribution in [0.25, 0.3) is 11.3 Å². The third kappa shape index (κ3) is 6.20. The Bertz CT molecular complexity index is 1350. The average molecular weight is 527 g/mol. The molecule has 1 atom stereocenters. The molecule has 3 aromatic rings. The molecule has 0 bridgehead atoms. The minimum Gasteiger partial charge on any atom is -0.324 e. The molecule has 34 heavy (non-hydrogen) atoms. The van der Waals surface area contributed by atoms with Crippen LogP contribution in [0.15, 0.2) is 51.9 Å². The van der Waals surface area contributed by atoms with Gasteiger partial charge in [-0.2, -0.15) is 9.62 Å². The molecule has 2 aromatic carbocycles. The summed E-state index contributed by atoms with van der Waals surface area (Å²) in [6, 6.07) is 3.68. The summed E-state index contributed by atoms with van der Waals surface area (Å²) >= 11 is 0. The maximum Gasteiger partial charge on any atom is 0.310 e. The summed E-state index contributed by atoms with van der Waals surface area (Å²) in [5.41, 5.74) is -1.84. The number of benzene rings is 2. The van der Waals surface area contributed by atoms with Gasteiger partial charge >= 0.3 is 10.2 Å². The number of nitrogens with zero attached hydrogens (tertiary/aromatic N) is 4. The second-order valence-corrected chi connectivity index (χ2v) is 11.0. The van der Waals surface area contributed by atoms with E-state index in [-0.39, 0.29) is 23.4 Å². The van der Waals surface area contributed by atoms with Crippen LogP contribution in [0.1, 0.15) is 5.56 Å². The maximum atomic E-state index is 14.2. The predicted octanol–water partition coefficient (Wildman–Crippen LogP) is 7.37. The Balaban J connectivity index is 2.08. The van der Waals surface area contributed by atoms with Crippen molar-refractivity contribution in [3.8, 4) is 17.5 Å². The zero-order chi connectivity index (χ0) is 25.4. The van der Waals surface area contributed by atoms with E-state index >= 15 is 0 Å². The molecule has 1 heterocycles. The largest absolute Gasteiger partial charge is 0.324 e. The third-order valence-electron chi connectivity index (χ3n) is 4.17. The van der Waals surface area contributed by atoms with Gasteiger partial charge in [-0.05, 0) is 42.2 Å². The number of nitriles is 1. The van der Waals surface area contributed by atoms with E-state index < -0.39 is 66.2 Å². The van der Waals surface area contributed by atoms with Crippen molar-refractivity contribution < 1.29 is 32.6 Å². The first-order chi connectivity index (χ1) is 15.6. The van der Waals surface area contributed by atoms with Gasteiger partial charge in [-0.3, -0.25) is 0 Å². The quantitative estimate of drug-likeness (QED) is 0.268. The van der Waals surface area contributed by atoms with Crippen LogP contribution in [-0.4, -0.2) is 16.2 Å². The van der Waals surface area contributed by atoms with Gasteiger partial charge in [0, 0.05) is 23.1 Å². The van der Waals surface area contributed by atoms with Crippen molar-refractivity contribution >= 4 is 32.6 Å². The average Bonchev–Trinajstić information content (AvgIpc) is 2.68. The molecule has 0 aliphatic rings. The fourth-order valence-electron chi connectivity index (χ4n) is 2.81. The molecular weight excluding hydrogens is 514 g/mol. The van der Waals surface area contributed by atoms with Gasteiger partial charge in [0.1, 0.15) is 22.2 Å². The molecule has 0 aliphatic heterocycles. The molecule has 1 N–H and O–H groups in total. The molecule has 0 saturated carbocycles. The molecule has 3 rings (SSSR count). The first kappa shape index (κ1) is 25.4. The van der Waals surface area contributed by atoms with Crippen molar-refractivity contribution in [2.24, 2.45) is 4.36 Å². The number of anilines is 2. The lowest BCUT2D eigenvalue weighted by atomic mass is 10.1. The highest BCUT2D eigenvalue weighted by molar-refractivity contribution is 8.45. The minimum absolute atomic E-state index is 0.130. The van der Waals surface area contributed by atoms with Crippen molar-refractivity contribution in [1.82, 2.24) is 9.97 Å². The SMILES string of the molecule is C/S(Cc1cc(Nc2ncc(F)c(-c3ccc(F)cc3F)n2)cc(S(F)(F)(F)(F)F)c1)=N/C#N. The molecule has 0 radical (unpaired) electrons. The van der Waals surface area contributed by atoms with Crippen LogP contribution in [0.4, 0.5) is 44.2 Å². The van der Waals surface area contributed by atoms with Gasteiger partial charge in [0.25, 0.3) is 0 Å². The first-order valence-electron chi connectivity index (χ1n) is 8.91. The summed E-state index contributed by atoms with van der Waals surface area (Å²) in [4.78, 5) is 5.03. The molecule has 5 nitrogen and oxygen atoms in total. The van der Waals surface area contributed by atoms with Crippen molar-refractivity contribution in [3.05, 3.63) is 65.6 Å². The highest BCUT2D eigenvalue weighted by atomic mass is 32.5. The summed E-state index contributed by atoms with van der Waals surface area (Å²) in [7, 11) is -11.2. The van der Waals surface area contributed by atoms with E-state index in [2.05, 4.69) is 19.6 Å². The topological polar surface area (TPSA) is 74.0 Å². The number of halogens is 8. The van der Waals surface area contributed by atoms with Crippen LogP contribution in [-0.2, 0) is 16.4 Å². The number of nitrogens with one attached hydrogen (secondary N) is 1. The molecular formula is C19H13F8N5S2. The summed E-state index contributed by atoms with van der Waals surface area (Å²) in [6.45, 7) is 0. The van der Waals surface area contributed by atoms with Crippen LogP contribution < -0.4 is 5.32 Å². The predicted molar refractivity (Wildman–Crippen MR) is 113 cm³/mol. The van der Waals surface area contributed by atoms with E-state index in [0.717, 1.165) is 18.2 Å². The van der Waals surface area contributed by atoms with Crippen LogP contribution in [0.2, 0.25) is 0 Å². The summed E-state index contributed by atoms with van der Waals surface area (Å²) in [6.07, 6.45) is 3.49. The molecule has 1 unspecified atom stereocenters. The summed E-state index contributed by atoms with van der Waals surface area (Å²) in [5, 5.41) is 10.9. The number of hydrogen-bond donors (Lipinski definition) is 1. The van der Waals surface area contributed by atoms with Gasteiger partial charge in [-0.1, -0.05) is 30.1 Å². The van der Waals surface area contributed by atoms with Crippen LogP contribution in [0.5, 0.6) is 0 Å². The second-order valence-electron chi connectivity index (χ2n) is 6.91.